The number of imidazole rings is 1. The Bertz CT molecular complexity index is 562. The number of aryl methyl sites for hydroxylation is 1. The van der Waals surface area contributed by atoms with Gasteiger partial charge in [0.05, 0.1) is 0 Å². The minimum Gasteiger partial charge on any atom is -0.348 e. The molecule has 0 bridgehead atoms. The van der Waals surface area contributed by atoms with Gasteiger partial charge in [0.1, 0.15) is 11.5 Å². The largest absolute Gasteiger partial charge is 0.348 e. The molecule has 2 N–H and O–H groups in total. The molecule has 100 valence electrons. The van der Waals surface area contributed by atoms with Gasteiger partial charge in [-0.05, 0) is 32.4 Å². The number of rotatable bonds is 4. The number of aromatic amines is 1. The Kier molecular flexibility index (Phi) is 3.94. The van der Waals surface area contributed by atoms with Crippen molar-refractivity contribution in [3.63, 3.8) is 0 Å². The summed E-state index contributed by atoms with van der Waals surface area (Å²) in [6, 6.07) is 3.89. The number of carbonyl (C=O) groups is 1. The molecule has 0 spiro atoms. The molecule has 0 fully saturated rings. The second-order valence-corrected chi connectivity index (χ2v) is 4.58. The molecule has 1 atom stereocenters. The molecular formula is C14H18N4O. The zero-order valence-electron chi connectivity index (χ0n) is 11.4. The molecule has 5 heteroatoms. The molecule has 0 aliphatic carbocycles. The van der Waals surface area contributed by atoms with Gasteiger partial charge in [-0.3, -0.25) is 9.78 Å². The Labute approximate surface area is 112 Å². The van der Waals surface area contributed by atoms with Crippen LogP contribution in [0.4, 0.5) is 0 Å². The Hall–Kier alpha value is -2.17. The van der Waals surface area contributed by atoms with E-state index in [1.807, 2.05) is 32.9 Å². The number of hydrogen-bond donors (Lipinski definition) is 2. The lowest BCUT2D eigenvalue weighted by Gasteiger charge is -2.09. The first kappa shape index (κ1) is 13.3. The van der Waals surface area contributed by atoms with Gasteiger partial charge in [0, 0.05) is 29.7 Å². The summed E-state index contributed by atoms with van der Waals surface area (Å²) in [6.45, 7) is 5.85. The first-order chi connectivity index (χ1) is 9.11. The Morgan fingerprint density at radius 1 is 1.53 bits per heavy atom. The van der Waals surface area contributed by atoms with Gasteiger partial charge in [-0.25, -0.2) is 4.98 Å². The van der Waals surface area contributed by atoms with E-state index in [0.29, 0.717) is 11.5 Å². The number of hydrogen-bond acceptors (Lipinski definition) is 3. The van der Waals surface area contributed by atoms with Crippen molar-refractivity contribution >= 4 is 5.91 Å². The molecule has 0 saturated heterocycles. The zero-order valence-corrected chi connectivity index (χ0v) is 11.4. The second-order valence-electron chi connectivity index (χ2n) is 4.58. The number of carbonyl (C=O) groups excluding carboxylic acids is 1. The second kappa shape index (κ2) is 5.65. The minimum atomic E-state index is -0.141. The number of pyridine rings is 1. The van der Waals surface area contributed by atoms with Gasteiger partial charge in [-0.1, -0.05) is 6.92 Å². The van der Waals surface area contributed by atoms with E-state index in [1.54, 1.807) is 12.4 Å². The lowest BCUT2D eigenvalue weighted by Crippen LogP contribution is -2.32. The van der Waals surface area contributed by atoms with Crippen LogP contribution in [0.2, 0.25) is 0 Å². The average molecular weight is 258 g/mol. The van der Waals surface area contributed by atoms with Crippen LogP contribution in [0, 0.1) is 6.92 Å². The summed E-state index contributed by atoms with van der Waals surface area (Å²) in [5.74, 6) is 0.526. The Balaban J connectivity index is 2.24. The van der Waals surface area contributed by atoms with E-state index < -0.39 is 0 Å². The van der Waals surface area contributed by atoms with Crippen molar-refractivity contribution in [1.82, 2.24) is 20.3 Å². The molecule has 0 radical (unpaired) electrons. The summed E-state index contributed by atoms with van der Waals surface area (Å²) in [7, 11) is 0. The van der Waals surface area contributed by atoms with E-state index >= 15 is 0 Å². The number of amides is 1. The van der Waals surface area contributed by atoms with Gasteiger partial charge in [-0.2, -0.15) is 0 Å². The quantitative estimate of drug-likeness (QED) is 0.884. The molecule has 19 heavy (non-hydrogen) atoms. The van der Waals surface area contributed by atoms with Crippen molar-refractivity contribution in [3.8, 4) is 11.4 Å². The topological polar surface area (TPSA) is 70.7 Å². The third-order valence-corrected chi connectivity index (χ3v) is 3.02. The number of nitrogens with one attached hydrogen (secondary N) is 2. The van der Waals surface area contributed by atoms with Gasteiger partial charge in [0.2, 0.25) is 0 Å². The maximum Gasteiger partial charge on any atom is 0.271 e. The van der Waals surface area contributed by atoms with Crippen molar-refractivity contribution in [3.05, 3.63) is 35.9 Å². The molecule has 0 saturated carbocycles. The van der Waals surface area contributed by atoms with Crippen LogP contribution in [0.5, 0.6) is 0 Å². The van der Waals surface area contributed by atoms with E-state index in [4.69, 9.17) is 0 Å². The van der Waals surface area contributed by atoms with Crippen LogP contribution in [0.1, 0.15) is 36.5 Å². The van der Waals surface area contributed by atoms with E-state index in [1.165, 1.54) is 0 Å². The van der Waals surface area contributed by atoms with Gasteiger partial charge in [-0.15, -0.1) is 0 Å². The van der Waals surface area contributed by atoms with Crippen LogP contribution >= 0.6 is 0 Å². The van der Waals surface area contributed by atoms with Crippen molar-refractivity contribution < 1.29 is 4.79 Å². The summed E-state index contributed by atoms with van der Waals surface area (Å²) < 4.78 is 0. The fourth-order valence-corrected chi connectivity index (χ4v) is 1.72. The molecule has 2 heterocycles. The highest BCUT2D eigenvalue weighted by Gasteiger charge is 2.16. The lowest BCUT2D eigenvalue weighted by atomic mass is 10.2. The third kappa shape index (κ3) is 2.99. The van der Waals surface area contributed by atoms with E-state index in [2.05, 4.69) is 20.3 Å². The fraction of sp³-hybridized carbons (Fsp3) is 0.357. The maximum absolute atomic E-state index is 12.1. The van der Waals surface area contributed by atoms with Crippen molar-refractivity contribution in [2.45, 2.75) is 33.2 Å². The normalized spacial score (nSPS) is 12.2. The van der Waals surface area contributed by atoms with Gasteiger partial charge >= 0.3 is 0 Å². The molecule has 5 nitrogen and oxygen atoms in total. The molecular weight excluding hydrogens is 240 g/mol. The fourth-order valence-electron chi connectivity index (χ4n) is 1.72. The molecule has 0 unspecified atom stereocenters. The molecule has 2 rings (SSSR count). The van der Waals surface area contributed by atoms with Crippen LogP contribution < -0.4 is 5.32 Å². The molecule has 0 aliphatic rings. The van der Waals surface area contributed by atoms with E-state index in [9.17, 15) is 4.79 Å². The standard InChI is InChI=1S/C14H18N4O/c1-4-9(2)16-14(19)12-10(3)17-13(18-12)11-6-5-7-15-8-11/h5-9H,4H2,1-3H3,(H,16,19)(H,17,18)/t9-/m1/s1. The number of aromatic nitrogens is 3. The number of H-pyrrole nitrogens is 1. The minimum absolute atomic E-state index is 0.141. The highest BCUT2D eigenvalue weighted by Crippen LogP contribution is 2.16. The first-order valence-electron chi connectivity index (χ1n) is 6.39. The lowest BCUT2D eigenvalue weighted by molar-refractivity contribution is 0.0934. The van der Waals surface area contributed by atoms with Gasteiger partial charge < -0.3 is 10.3 Å². The third-order valence-electron chi connectivity index (χ3n) is 3.02. The molecule has 0 aromatic carbocycles. The highest BCUT2D eigenvalue weighted by molar-refractivity contribution is 5.94. The smallest absolute Gasteiger partial charge is 0.271 e. The van der Waals surface area contributed by atoms with E-state index in [-0.39, 0.29) is 11.9 Å². The molecule has 2 aromatic heterocycles. The zero-order chi connectivity index (χ0) is 13.8. The molecule has 1 amide bonds. The van der Waals surface area contributed by atoms with Crippen molar-refractivity contribution in [1.29, 1.82) is 0 Å². The highest BCUT2D eigenvalue weighted by atomic mass is 16.2. The van der Waals surface area contributed by atoms with Crippen LogP contribution in [0.15, 0.2) is 24.5 Å². The van der Waals surface area contributed by atoms with Crippen molar-refractivity contribution in [2.24, 2.45) is 0 Å². The van der Waals surface area contributed by atoms with Crippen LogP contribution in [-0.2, 0) is 0 Å². The van der Waals surface area contributed by atoms with Crippen molar-refractivity contribution in [2.75, 3.05) is 0 Å². The van der Waals surface area contributed by atoms with Crippen LogP contribution in [0.3, 0.4) is 0 Å². The molecule has 0 aliphatic heterocycles. The monoisotopic (exact) mass is 258 g/mol. The molecule has 2 aromatic rings. The van der Waals surface area contributed by atoms with E-state index in [0.717, 1.165) is 17.7 Å². The predicted molar refractivity (Wildman–Crippen MR) is 73.8 cm³/mol. The average Bonchev–Trinajstić information content (AvgIpc) is 2.81. The number of nitrogens with zero attached hydrogens (tertiary/aromatic N) is 2. The van der Waals surface area contributed by atoms with Gasteiger partial charge in [0.15, 0.2) is 0 Å². The summed E-state index contributed by atoms with van der Waals surface area (Å²) in [6.07, 6.45) is 4.31. The maximum atomic E-state index is 12.1. The summed E-state index contributed by atoms with van der Waals surface area (Å²) in [5, 5.41) is 2.91. The SMILES string of the molecule is CC[C@@H](C)NC(=O)c1nc(-c2cccnc2)[nH]c1C. The first-order valence-corrected chi connectivity index (χ1v) is 6.39. The summed E-state index contributed by atoms with van der Waals surface area (Å²) in [5.41, 5.74) is 2.08. The Morgan fingerprint density at radius 3 is 2.95 bits per heavy atom. The Morgan fingerprint density at radius 2 is 2.32 bits per heavy atom. The van der Waals surface area contributed by atoms with Crippen LogP contribution in [-0.4, -0.2) is 26.9 Å². The van der Waals surface area contributed by atoms with Crippen LogP contribution in [0.25, 0.3) is 11.4 Å². The summed E-state index contributed by atoms with van der Waals surface area (Å²) in [4.78, 5) is 23.6. The van der Waals surface area contributed by atoms with Gasteiger partial charge in [0.25, 0.3) is 5.91 Å². The summed E-state index contributed by atoms with van der Waals surface area (Å²) >= 11 is 0. The predicted octanol–water partition coefficient (Wildman–Crippen LogP) is 2.31.